The van der Waals surface area contributed by atoms with Gasteiger partial charge < -0.3 is 4.74 Å². The highest BCUT2D eigenvalue weighted by atomic mass is 32.2. The summed E-state index contributed by atoms with van der Waals surface area (Å²) >= 11 is 1.52. The van der Waals surface area contributed by atoms with Crippen molar-refractivity contribution in [3.05, 3.63) is 0 Å². The SMILES string of the molecule is CSCC(=O)OCCC1CCCC1. The van der Waals surface area contributed by atoms with E-state index < -0.39 is 0 Å². The van der Waals surface area contributed by atoms with Crippen LogP contribution in [0.1, 0.15) is 32.1 Å². The Kier molecular flexibility index (Phi) is 5.28. The summed E-state index contributed by atoms with van der Waals surface area (Å²) in [4.78, 5) is 11.0. The van der Waals surface area contributed by atoms with Crippen molar-refractivity contribution >= 4 is 17.7 Å². The van der Waals surface area contributed by atoms with Gasteiger partial charge in [0.15, 0.2) is 0 Å². The lowest BCUT2D eigenvalue weighted by molar-refractivity contribution is -0.140. The molecule has 0 heterocycles. The number of carbonyl (C=O) groups excluding carboxylic acids is 1. The topological polar surface area (TPSA) is 26.3 Å². The first-order valence-corrected chi connectivity index (χ1v) is 6.37. The molecule has 0 bridgehead atoms. The minimum absolute atomic E-state index is 0.0644. The van der Waals surface area contributed by atoms with E-state index in [-0.39, 0.29) is 5.97 Å². The molecular weight excluding hydrogens is 184 g/mol. The Labute approximate surface area is 84.4 Å². The van der Waals surface area contributed by atoms with Crippen molar-refractivity contribution in [3.8, 4) is 0 Å². The lowest BCUT2D eigenvalue weighted by atomic mass is 10.1. The van der Waals surface area contributed by atoms with E-state index in [1.807, 2.05) is 6.26 Å². The summed E-state index contributed by atoms with van der Waals surface area (Å²) in [5.74, 6) is 1.25. The van der Waals surface area contributed by atoms with Gasteiger partial charge in [-0.3, -0.25) is 4.79 Å². The zero-order chi connectivity index (χ0) is 9.52. The van der Waals surface area contributed by atoms with E-state index in [9.17, 15) is 4.79 Å². The van der Waals surface area contributed by atoms with Gasteiger partial charge in [0.1, 0.15) is 0 Å². The number of hydrogen-bond acceptors (Lipinski definition) is 3. The van der Waals surface area contributed by atoms with Crippen LogP contribution in [-0.4, -0.2) is 24.6 Å². The molecule has 0 N–H and O–H groups in total. The maximum Gasteiger partial charge on any atom is 0.315 e. The van der Waals surface area contributed by atoms with Gasteiger partial charge >= 0.3 is 5.97 Å². The fraction of sp³-hybridized carbons (Fsp3) is 0.900. The van der Waals surface area contributed by atoms with Gasteiger partial charge in [0.05, 0.1) is 12.4 Å². The molecule has 0 aromatic carbocycles. The molecule has 0 saturated heterocycles. The van der Waals surface area contributed by atoms with Crippen LogP contribution in [0, 0.1) is 5.92 Å². The lowest BCUT2D eigenvalue weighted by Crippen LogP contribution is -2.10. The Hall–Kier alpha value is -0.180. The van der Waals surface area contributed by atoms with E-state index in [0.29, 0.717) is 12.4 Å². The summed E-state index contributed by atoms with van der Waals surface area (Å²) in [6.45, 7) is 0.629. The third kappa shape index (κ3) is 4.55. The largest absolute Gasteiger partial charge is 0.465 e. The second kappa shape index (κ2) is 6.30. The molecule has 0 aliphatic heterocycles. The Morgan fingerprint density at radius 2 is 2.15 bits per heavy atom. The molecule has 1 saturated carbocycles. The minimum atomic E-state index is -0.0644. The first-order valence-electron chi connectivity index (χ1n) is 4.97. The standard InChI is InChI=1S/C10H18O2S/c1-13-8-10(11)12-7-6-9-4-2-3-5-9/h9H,2-8H2,1H3. The van der Waals surface area contributed by atoms with Gasteiger partial charge in [0.2, 0.25) is 0 Å². The number of thioether (sulfide) groups is 1. The van der Waals surface area contributed by atoms with E-state index in [2.05, 4.69) is 0 Å². The molecule has 76 valence electrons. The van der Waals surface area contributed by atoms with Crippen molar-refractivity contribution < 1.29 is 9.53 Å². The van der Waals surface area contributed by atoms with Gasteiger partial charge in [0, 0.05) is 0 Å². The van der Waals surface area contributed by atoms with Crippen LogP contribution in [0.5, 0.6) is 0 Å². The molecule has 0 unspecified atom stereocenters. The molecule has 2 nitrogen and oxygen atoms in total. The molecule has 1 aliphatic rings. The highest BCUT2D eigenvalue weighted by molar-refractivity contribution is 7.99. The molecule has 0 spiro atoms. The highest BCUT2D eigenvalue weighted by Crippen LogP contribution is 2.27. The van der Waals surface area contributed by atoms with Gasteiger partial charge in [-0.2, -0.15) is 11.8 Å². The van der Waals surface area contributed by atoms with Gasteiger partial charge in [0.25, 0.3) is 0 Å². The number of rotatable bonds is 5. The minimum Gasteiger partial charge on any atom is -0.465 e. The van der Waals surface area contributed by atoms with E-state index >= 15 is 0 Å². The third-order valence-electron chi connectivity index (χ3n) is 2.53. The van der Waals surface area contributed by atoms with Crippen LogP contribution in [0.4, 0.5) is 0 Å². The van der Waals surface area contributed by atoms with Crippen molar-refractivity contribution in [1.29, 1.82) is 0 Å². The van der Waals surface area contributed by atoms with Crippen LogP contribution in [0.3, 0.4) is 0 Å². The van der Waals surface area contributed by atoms with Gasteiger partial charge in [-0.1, -0.05) is 25.7 Å². The van der Waals surface area contributed by atoms with Crippen LogP contribution in [0.2, 0.25) is 0 Å². The van der Waals surface area contributed by atoms with Crippen LogP contribution in [-0.2, 0) is 9.53 Å². The first kappa shape index (κ1) is 10.9. The summed E-state index contributed by atoms with van der Waals surface area (Å²) in [6, 6.07) is 0. The molecule has 0 radical (unpaired) electrons. The molecule has 0 aromatic heterocycles. The van der Waals surface area contributed by atoms with Crippen molar-refractivity contribution in [2.24, 2.45) is 5.92 Å². The average molecular weight is 202 g/mol. The van der Waals surface area contributed by atoms with Crippen LogP contribution in [0.25, 0.3) is 0 Å². The van der Waals surface area contributed by atoms with Crippen LogP contribution >= 0.6 is 11.8 Å². The molecule has 1 rings (SSSR count). The Morgan fingerprint density at radius 1 is 1.46 bits per heavy atom. The Morgan fingerprint density at radius 3 is 2.77 bits per heavy atom. The van der Waals surface area contributed by atoms with Crippen LogP contribution in [0.15, 0.2) is 0 Å². The smallest absolute Gasteiger partial charge is 0.315 e. The summed E-state index contributed by atoms with van der Waals surface area (Å²) < 4.78 is 5.08. The van der Waals surface area contributed by atoms with E-state index in [1.165, 1.54) is 37.4 Å². The lowest BCUT2D eigenvalue weighted by Gasteiger charge is -2.08. The fourth-order valence-electron chi connectivity index (χ4n) is 1.80. The van der Waals surface area contributed by atoms with Gasteiger partial charge in [-0.25, -0.2) is 0 Å². The van der Waals surface area contributed by atoms with Crippen molar-refractivity contribution in [3.63, 3.8) is 0 Å². The predicted octanol–water partition coefficient (Wildman–Crippen LogP) is 2.47. The van der Waals surface area contributed by atoms with Crippen molar-refractivity contribution in [2.45, 2.75) is 32.1 Å². The number of esters is 1. The molecule has 1 fully saturated rings. The number of carbonyl (C=O) groups is 1. The molecule has 0 aromatic rings. The van der Waals surface area contributed by atoms with Crippen LogP contribution < -0.4 is 0 Å². The summed E-state index contributed by atoms with van der Waals surface area (Å²) in [5.41, 5.74) is 0. The first-order chi connectivity index (χ1) is 6.33. The monoisotopic (exact) mass is 202 g/mol. The third-order valence-corrected chi connectivity index (χ3v) is 3.05. The zero-order valence-electron chi connectivity index (χ0n) is 8.25. The van der Waals surface area contributed by atoms with E-state index in [1.54, 1.807) is 0 Å². The van der Waals surface area contributed by atoms with E-state index in [0.717, 1.165) is 12.3 Å². The summed E-state index contributed by atoms with van der Waals surface area (Å²) in [7, 11) is 0. The predicted molar refractivity (Wildman–Crippen MR) is 55.9 cm³/mol. The van der Waals surface area contributed by atoms with Crippen molar-refractivity contribution in [1.82, 2.24) is 0 Å². The van der Waals surface area contributed by atoms with E-state index in [4.69, 9.17) is 4.74 Å². The highest BCUT2D eigenvalue weighted by Gasteiger charge is 2.14. The number of hydrogen-bond donors (Lipinski definition) is 0. The fourth-order valence-corrected chi connectivity index (χ4v) is 2.12. The second-order valence-corrected chi connectivity index (χ2v) is 4.46. The number of ether oxygens (including phenoxy) is 1. The molecule has 1 aliphatic carbocycles. The van der Waals surface area contributed by atoms with Gasteiger partial charge in [-0.05, 0) is 18.6 Å². The average Bonchev–Trinajstić information content (AvgIpc) is 2.57. The van der Waals surface area contributed by atoms with Gasteiger partial charge in [-0.15, -0.1) is 0 Å². The summed E-state index contributed by atoms with van der Waals surface area (Å²) in [6.07, 6.45) is 8.38. The molecule has 0 amide bonds. The second-order valence-electron chi connectivity index (χ2n) is 3.59. The summed E-state index contributed by atoms with van der Waals surface area (Å²) in [5, 5.41) is 0. The molecule has 0 atom stereocenters. The quantitative estimate of drug-likeness (QED) is 0.641. The maximum absolute atomic E-state index is 11.0. The van der Waals surface area contributed by atoms with Crippen molar-refractivity contribution in [2.75, 3.05) is 18.6 Å². The normalized spacial score (nSPS) is 17.6. The Balaban J connectivity index is 1.96. The maximum atomic E-state index is 11.0. The Bertz CT molecular complexity index is 153. The molecular formula is C10H18O2S. The molecule has 3 heteroatoms. The zero-order valence-corrected chi connectivity index (χ0v) is 9.07. The molecule has 13 heavy (non-hydrogen) atoms.